The number of rotatable bonds is 4. The molecule has 0 saturated heterocycles. The number of aromatic nitrogens is 2. The molecule has 0 unspecified atom stereocenters. The number of nitrogens with zero attached hydrogens (tertiary/aromatic N) is 2. The molecule has 4 nitrogen and oxygen atoms in total. The molecular formula is C16H14N2O2. The van der Waals surface area contributed by atoms with Gasteiger partial charge >= 0.3 is 5.97 Å². The van der Waals surface area contributed by atoms with Gasteiger partial charge in [0.15, 0.2) is 0 Å². The van der Waals surface area contributed by atoms with Crippen LogP contribution in [0.2, 0.25) is 0 Å². The van der Waals surface area contributed by atoms with Crippen LogP contribution in [0.1, 0.15) is 6.42 Å². The van der Waals surface area contributed by atoms with Crippen LogP contribution in [0.25, 0.3) is 22.2 Å². The normalized spacial score (nSPS) is 10.8. The Hall–Kier alpha value is -2.62. The summed E-state index contributed by atoms with van der Waals surface area (Å²) in [5, 5.41) is 14.4. The van der Waals surface area contributed by atoms with Crippen molar-refractivity contribution in [1.82, 2.24) is 9.78 Å². The molecule has 3 aromatic rings. The highest BCUT2D eigenvalue weighted by Crippen LogP contribution is 2.28. The third-order valence-electron chi connectivity index (χ3n) is 3.23. The van der Waals surface area contributed by atoms with E-state index in [2.05, 4.69) is 5.10 Å². The number of hydrogen-bond acceptors (Lipinski definition) is 2. The van der Waals surface area contributed by atoms with Crippen molar-refractivity contribution in [3.8, 4) is 11.3 Å². The smallest absolute Gasteiger partial charge is 0.305 e. The zero-order valence-corrected chi connectivity index (χ0v) is 10.9. The van der Waals surface area contributed by atoms with Gasteiger partial charge in [-0.2, -0.15) is 5.10 Å². The van der Waals surface area contributed by atoms with E-state index in [4.69, 9.17) is 5.11 Å². The number of aryl methyl sites for hydroxylation is 1. The van der Waals surface area contributed by atoms with E-state index in [1.807, 2.05) is 54.6 Å². The van der Waals surface area contributed by atoms with Crippen LogP contribution in [0.15, 0.2) is 54.6 Å². The maximum Gasteiger partial charge on any atom is 0.305 e. The molecule has 0 saturated carbocycles. The van der Waals surface area contributed by atoms with Crippen molar-refractivity contribution >= 4 is 16.9 Å². The minimum absolute atomic E-state index is 0.0633. The molecule has 4 heteroatoms. The highest BCUT2D eigenvalue weighted by Gasteiger charge is 2.13. The summed E-state index contributed by atoms with van der Waals surface area (Å²) in [7, 11) is 0. The fourth-order valence-electron chi connectivity index (χ4n) is 2.34. The number of fused-ring (bicyclic) bond motifs is 1. The fourth-order valence-corrected chi connectivity index (χ4v) is 2.34. The lowest BCUT2D eigenvalue weighted by atomic mass is 10.1. The van der Waals surface area contributed by atoms with Gasteiger partial charge in [0.1, 0.15) is 0 Å². The molecule has 0 radical (unpaired) electrons. The van der Waals surface area contributed by atoms with Gasteiger partial charge in [-0.1, -0.05) is 48.5 Å². The Morgan fingerprint density at radius 1 is 1.05 bits per heavy atom. The molecular weight excluding hydrogens is 252 g/mol. The summed E-state index contributed by atoms with van der Waals surface area (Å²) in [6, 6.07) is 17.8. The maximum absolute atomic E-state index is 10.8. The molecule has 3 rings (SSSR count). The van der Waals surface area contributed by atoms with Gasteiger partial charge in [-0.3, -0.25) is 9.48 Å². The minimum atomic E-state index is -0.816. The first-order valence-corrected chi connectivity index (χ1v) is 6.48. The second kappa shape index (κ2) is 5.17. The van der Waals surface area contributed by atoms with E-state index in [0.717, 1.165) is 22.2 Å². The Morgan fingerprint density at radius 2 is 1.75 bits per heavy atom. The summed E-state index contributed by atoms with van der Waals surface area (Å²) in [4.78, 5) is 10.8. The third-order valence-corrected chi connectivity index (χ3v) is 3.23. The molecule has 0 bridgehead atoms. The largest absolute Gasteiger partial charge is 0.481 e. The van der Waals surface area contributed by atoms with Gasteiger partial charge in [-0.05, 0) is 6.07 Å². The highest BCUT2D eigenvalue weighted by molar-refractivity contribution is 5.93. The fraction of sp³-hybridized carbons (Fsp3) is 0.125. The predicted octanol–water partition coefficient (Wildman–Crippen LogP) is 3.18. The van der Waals surface area contributed by atoms with E-state index >= 15 is 0 Å². The van der Waals surface area contributed by atoms with E-state index in [9.17, 15) is 4.79 Å². The van der Waals surface area contributed by atoms with Crippen LogP contribution in [0.3, 0.4) is 0 Å². The molecule has 0 amide bonds. The maximum atomic E-state index is 10.8. The predicted molar refractivity (Wildman–Crippen MR) is 77.4 cm³/mol. The summed E-state index contributed by atoms with van der Waals surface area (Å²) >= 11 is 0. The molecule has 1 N–H and O–H groups in total. The molecule has 0 fully saturated rings. The topological polar surface area (TPSA) is 55.1 Å². The van der Waals surface area contributed by atoms with Gasteiger partial charge < -0.3 is 5.11 Å². The summed E-state index contributed by atoms with van der Waals surface area (Å²) in [6.07, 6.45) is 0.0633. The summed E-state index contributed by atoms with van der Waals surface area (Å²) in [6.45, 7) is 0.369. The van der Waals surface area contributed by atoms with Crippen molar-refractivity contribution in [2.75, 3.05) is 0 Å². The van der Waals surface area contributed by atoms with Crippen LogP contribution >= 0.6 is 0 Å². The Morgan fingerprint density at radius 3 is 2.50 bits per heavy atom. The van der Waals surface area contributed by atoms with E-state index in [0.29, 0.717) is 6.54 Å². The summed E-state index contributed by atoms with van der Waals surface area (Å²) in [5.41, 5.74) is 2.91. The average Bonchev–Trinajstić information content (AvgIpc) is 2.84. The average molecular weight is 266 g/mol. The Bertz CT molecular complexity index is 748. The van der Waals surface area contributed by atoms with E-state index in [-0.39, 0.29) is 6.42 Å². The first-order valence-electron chi connectivity index (χ1n) is 6.48. The molecule has 1 heterocycles. The minimum Gasteiger partial charge on any atom is -0.481 e. The standard InChI is InChI=1S/C16H14N2O2/c19-15(20)10-11-18-16(12-6-2-1-3-7-12)13-8-4-5-9-14(13)17-18/h1-9H,10-11H2,(H,19,20). The molecule has 0 atom stereocenters. The SMILES string of the molecule is O=C(O)CCn1nc2ccccc2c1-c1ccccc1. The van der Waals surface area contributed by atoms with E-state index in [1.54, 1.807) is 4.68 Å². The Labute approximate surface area is 116 Å². The number of benzene rings is 2. The summed E-state index contributed by atoms with van der Waals surface area (Å²) in [5.74, 6) is -0.816. The molecule has 20 heavy (non-hydrogen) atoms. The Kier molecular flexibility index (Phi) is 3.21. The van der Waals surface area contributed by atoms with Crippen LogP contribution in [-0.4, -0.2) is 20.9 Å². The number of aliphatic carboxylic acids is 1. The van der Waals surface area contributed by atoms with Crippen molar-refractivity contribution < 1.29 is 9.90 Å². The van der Waals surface area contributed by atoms with Crippen molar-refractivity contribution in [2.24, 2.45) is 0 Å². The number of carboxylic acids is 1. The monoisotopic (exact) mass is 266 g/mol. The zero-order valence-electron chi connectivity index (χ0n) is 10.9. The number of carbonyl (C=O) groups is 1. The van der Waals surface area contributed by atoms with Gasteiger partial charge in [0.25, 0.3) is 0 Å². The quantitative estimate of drug-likeness (QED) is 0.789. The summed E-state index contributed by atoms with van der Waals surface area (Å²) < 4.78 is 1.79. The lowest BCUT2D eigenvalue weighted by Crippen LogP contribution is -2.07. The van der Waals surface area contributed by atoms with Crippen molar-refractivity contribution in [1.29, 1.82) is 0 Å². The van der Waals surface area contributed by atoms with E-state index < -0.39 is 5.97 Å². The van der Waals surface area contributed by atoms with Crippen LogP contribution in [0.4, 0.5) is 0 Å². The second-order valence-electron chi connectivity index (χ2n) is 4.60. The van der Waals surface area contributed by atoms with Gasteiger partial charge in [-0.25, -0.2) is 0 Å². The first-order chi connectivity index (χ1) is 9.75. The van der Waals surface area contributed by atoms with E-state index in [1.165, 1.54) is 0 Å². The molecule has 0 aliphatic carbocycles. The van der Waals surface area contributed by atoms with Crippen LogP contribution < -0.4 is 0 Å². The second-order valence-corrected chi connectivity index (χ2v) is 4.60. The lowest BCUT2D eigenvalue weighted by molar-refractivity contribution is -0.137. The molecule has 0 spiro atoms. The number of hydrogen-bond donors (Lipinski definition) is 1. The van der Waals surface area contributed by atoms with Crippen LogP contribution in [0, 0.1) is 0 Å². The van der Waals surface area contributed by atoms with Crippen LogP contribution in [-0.2, 0) is 11.3 Å². The molecule has 2 aromatic carbocycles. The third kappa shape index (κ3) is 2.28. The van der Waals surface area contributed by atoms with Crippen molar-refractivity contribution in [2.45, 2.75) is 13.0 Å². The van der Waals surface area contributed by atoms with Crippen molar-refractivity contribution in [3.05, 3.63) is 54.6 Å². The zero-order chi connectivity index (χ0) is 13.9. The molecule has 0 aliphatic rings. The van der Waals surface area contributed by atoms with Crippen LogP contribution in [0.5, 0.6) is 0 Å². The van der Waals surface area contributed by atoms with Gasteiger partial charge in [0, 0.05) is 10.9 Å². The van der Waals surface area contributed by atoms with Crippen molar-refractivity contribution in [3.63, 3.8) is 0 Å². The number of carboxylic acid groups (broad SMARTS) is 1. The van der Waals surface area contributed by atoms with Gasteiger partial charge in [-0.15, -0.1) is 0 Å². The molecule has 100 valence electrons. The van der Waals surface area contributed by atoms with Gasteiger partial charge in [0.05, 0.1) is 24.2 Å². The highest BCUT2D eigenvalue weighted by atomic mass is 16.4. The Balaban J connectivity index is 2.16. The lowest BCUT2D eigenvalue weighted by Gasteiger charge is -2.06. The molecule has 1 aromatic heterocycles. The van der Waals surface area contributed by atoms with Gasteiger partial charge in [0.2, 0.25) is 0 Å². The first kappa shape index (κ1) is 12.4. The molecule has 0 aliphatic heterocycles.